The highest BCUT2D eigenvalue weighted by Gasteiger charge is 2.37. The first-order chi connectivity index (χ1) is 7.83. The lowest BCUT2D eigenvalue weighted by atomic mass is 9.95. The van der Waals surface area contributed by atoms with Gasteiger partial charge in [-0.1, -0.05) is 0 Å². The molecule has 2 atom stereocenters. The van der Waals surface area contributed by atoms with Gasteiger partial charge in [-0.15, -0.1) is 0 Å². The predicted molar refractivity (Wildman–Crippen MR) is 63.4 cm³/mol. The van der Waals surface area contributed by atoms with Crippen molar-refractivity contribution in [3.63, 3.8) is 0 Å². The summed E-state index contributed by atoms with van der Waals surface area (Å²) < 4.78 is 5.41. The molecule has 16 heavy (non-hydrogen) atoms. The molecule has 1 aliphatic carbocycles. The molecule has 0 spiro atoms. The van der Waals surface area contributed by atoms with E-state index in [1.54, 1.807) is 0 Å². The van der Waals surface area contributed by atoms with Gasteiger partial charge in [0.2, 0.25) is 0 Å². The van der Waals surface area contributed by atoms with Gasteiger partial charge in [0.15, 0.2) is 0 Å². The molecule has 0 bridgehead atoms. The van der Waals surface area contributed by atoms with E-state index in [0.717, 1.165) is 45.6 Å². The zero-order valence-electron chi connectivity index (χ0n) is 10.3. The molecule has 0 N–H and O–H groups in total. The number of Topliss-reactive ketones (excluding diaryl/α,β-unsaturated/α-hetero) is 1. The number of carbonyl (C=O) groups excluding carboxylic acids is 1. The molecule has 92 valence electrons. The Morgan fingerprint density at radius 2 is 2.25 bits per heavy atom. The third kappa shape index (κ3) is 2.64. The van der Waals surface area contributed by atoms with Gasteiger partial charge in [-0.25, -0.2) is 0 Å². The maximum atomic E-state index is 11.8. The van der Waals surface area contributed by atoms with Gasteiger partial charge in [-0.05, 0) is 39.2 Å². The molecular formula is C13H23NO2. The van der Waals surface area contributed by atoms with Gasteiger partial charge in [0.25, 0.3) is 0 Å². The zero-order chi connectivity index (χ0) is 11.4. The molecular weight excluding hydrogens is 202 g/mol. The van der Waals surface area contributed by atoms with E-state index < -0.39 is 0 Å². The van der Waals surface area contributed by atoms with E-state index in [1.165, 1.54) is 12.8 Å². The van der Waals surface area contributed by atoms with E-state index in [4.69, 9.17) is 4.74 Å². The minimum absolute atomic E-state index is 0.337. The fourth-order valence-electron chi connectivity index (χ4n) is 3.16. The average molecular weight is 225 g/mol. The van der Waals surface area contributed by atoms with Crippen molar-refractivity contribution in [2.45, 2.75) is 45.1 Å². The third-order valence-electron chi connectivity index (χ3n) is 3.96. The smallest absolute Gasteiger partial charge is 0.137 e. The van der Waals surface area contributed by atoms with E-state index >= 15 is 0 Å². The van der Waals surface area contributed by atoms with Crippen molar-refractivity contribution in [1.82, 2.24) is 4.90 Å². The van der Waals surface area contributed by atoms with Crippen LogP contribution in [0.1, 0.15) is 39.0 Å². The fraction of sp³-hybridized carbons (Fsp3) is 0.923. The van der Waals surface area contributed by atoms with E-state index in [1.807, 2.05) is 6.92 Å². The van der Waals surface area contributed by atoms with Crippen molar-refractivity contribution in [2.75, 3.05) is 26.3 Å². The summed E-state index contributed by atoms with van der Waals surface area (Å²) >= 11 is 0. The second kappa shape index (κ2) is 5.78. The Hall–Kier alpha value is -0.410. The van der Waals surface area contributed by atoms with Crippen LogP contribution < -0.4 is 0 Å². The van der Waals surface area contributed by atoms with Crippen LogP contribution >= 0.6 is 0 Å². The minimum atomic E-state index is 0.337. The van der Waals surface area contributed by atoms with Crippen molar-refractivity contribution in [3.05, 3.63) is 0 Å². The van der Waals surface area contributed by atoms with Gasteiger partial charge >= 0.3 is 0 Å². The van der Waals surface area contributed by atoms with Crippen LogP contribution in [0.4, 0.5) is 0 Å². The third-order valence-corrected chi connectivity index (χ3v) is 3.96. The molecule has 2 aliphatic rings. The number of hydrogen-bond acceptors (Lipinski definition) is 3. The molecule has 2 fully saturated rings. The summed E-state index contributed by atoms with van der Waals surface area (Å²) in [7, 11) is 0. The van der Waals surface area contributed by atoms with Crippen LogP contribution in [0.25, 0.3) is 0 Å². The van der Waals surface area contributed by atoms with Crippen LogP contribution in [0.2, 0.25) is 0 Å². The SMILES string of the molecule is CCOCCN1CCCC1C1CCCC1=O. The lowest BCUT2D eigenvalue weighted by molar-refractivity contribution is -0.122. The summed E-state index contributed by atoms with van der Waals surface area (Å²) in [6.07, 6.45) is 5.51. The summed E-state index contributed by atoms with van der Waals surface area (Å²) in [5, 5.41) is 0. The summed E-state index contributed by atoms with van der Waals surface area (Å²) in [6.45, 7) is 5.79. The topological polar surface area (TPSA) is 29.5 Å². The Labute approximate surface area is 98.1 Å². The molecule has 0 amide bonds. The van der Waals surface area contributed by atoms with Crippen molar-refractivity contribution >= 4 is 5.78 Å². The minimum Gasteiger partial charge on any atom is -0.380 e. The molecule has 0 aromatic heterocycles. The summed E-state index contributed by atoms with van der Waals surface area (Å²) in [5.41, 5.74) is 0. The van der Waals surface area contributed by atoms with Crippen molar-refractivity contribution in [1.29, 1.82) is 0 Å². The highest BCUT2D eigenvalue weighted by atomic mass is 16.5. The van der Waals surface area contributed by atoms with Crippen LogP contribution in [-0.2, 0) is 9.53 Å². The standard InChI is InChI=1S/C13H23NO2/c1-2-16-10-9-14-8-4-6-12(14)11-5-3-7-13(11)15/h11-12H,2-10H2,1H3. The molecule has 0 aromatic rings. The van der Waals surface area contributed by atoms with Gasteiger partial charge < -0.3 is 4.74 Å². The summed E-state index contributed by atoms with van der Waals surface area (Å²) in [4.78, 5) is 14.3. The molecule has 0 aromatic carbocycles. The van der Waals surface area contributed by atoms with Crippen molar-refractivity contribution in [2.24, 2.45) is 5.92 Å². The number of nitrogens with zero attached hydrogens (tertiary/aromatic N) is 1. The first-order valence-electron chi connectivity index (χ1n) is 6.67. The van der Waals surface area contributed by atoms with Crippen LogP contribution in [0.5, 0.6) is 0 Å². The molecule has 0 radical (unpaired) electrons. The van der Waals surface area contributed by atoms with Gasteiger partial charge in [0.05, 0.1) is 6.61 Å². The Morgan fingerprint density at radius 1 is 1.38 bits per heavy atom. The molecule has 1 saturated heterocycles. The molecule has 2 rings (SSSR count). The fourth-order valence-corrected chi connectivity index (χ4v) is 3.16. The van der Waals surface area contributed by atoms with E-state index in [0.29, 0.717) is 17.7 Å². The Balaban J connectivity index is 1.85. The molecule has 3 heteroatoms. The Kier molecular flexibility index (Phi) is 4.36. The first-order valence-corrected chi connectivity index (χ1v) is 6.67. The summed E-state index contributed by atoms with van der Waals surface area (Å²) in [6, 6.07) is 0.524. The van der Waals surface area contributed by atoms with E-state index in [2.05, 4.69) is 4.90 Å². The molecule has 1 heterocycles. The zero-order valence-corrected chi connectivity index (χ0v) is 10.3. The van der Waals surface area contributed by atoms with Gasteiger partial charge in [0, 0.05) is 31.5 Å². The molecule has 1 saturated carbocycles. The normalized spacial score (nSPS) is 31.4. The van der Waals surface area contributed by atoms with Gasteiger partial charge in [-0.2, -0.15) is 0 Å². The maximum absolute atomic E-state index is 11.8. The van der Waals surface area contributed by atoms with Crippen molar-refractivity contribution < 1.29 is 9.53 Å². The van der Waals surface area contributed by atoms with Crippen LogP contribution in [0.3, 0.4) is 0 Å². The van der Waals surface area contributed by atoms with Crippen LogP contribution in [0.15, 0.2) is 0 Å². The van der Waals surface area contributed by atoms with Gasteiger partial charge in [-0.3, -0.25) is 9.69 Å². The molecule has 1 aliphatic heterocycles. The number of rotatable bonds is 5. The van der Waals surface area contributed by atoms with E-state index in [9.17, 15) is 4.79 Å². The number of ether oxygens (including phenoxy) is 1. The predicted octanol–water partition coefficient (Wildman–Crippen LogP) is 1.86. The lowest BCUT2D eigenvalue weighted by Crippen LogP contribution is -2.39. The number of hydrogen-bond donors (Lipinski definition) is 0. The second-order valence-corrected chi connectivity index (χ2v) is 4.91. The average Bonchev–Trinajstić information content (AvgIpc) is 2.87. The highest BCUT2D eigenvalue weighted by molar-refractivity contribution is 5.83. The van der Waals surface area contributed by atoms with Crippen LogP contribution in [0, 0.1) is 5.92 Å². The first kappa shape index (κ1) is 12.1. The van der Waals surface area contributed by atoms with E-state index in [-0.39, 0.29) is 0 Å². The van der Waals surface area contributed by atoms with Gasteiger partial charge in [0.1, 0.15) is 5.78 Å². The van der Waals surface area contributed by atoms with Crippen LogP contribution in [-0.4, -0.2) is 43.0 Å². The Morgan fingerprint density at radius 3 is 2.94 bits per heavy atom. The highest BCUT2D eigenvalue weighted by Crippen LogP contribution is 2.32. The monoisotopic (exact) mass is 225 g/mol. The second-order valence-electron chi connectivity index (χ2n) is 4.91. The molecule has 3 nitrogen and oxygen atoms in total. The lowest BCUT2D eigenvalue weighted by Gasteiger charge is -2.28. The number of carbonyl (C=O) groups is 1. The molecule has 2 unspecified atom stereocenters. The Bertz CT molecular complexity index is 242. The number of likely N-dealkylation sites (tertiary alicyclic amines) is 1. The quantitative estimate of drug-likeness (QED) is 0.669. The summed E-state index contributed by atoms with van der Waals surface area (Å²) in [5.74, 6) is 0.845. The number of ketones is 1. The largest absolute Gasteiger partial charge is 0.380 e. The maximum Gasteiger partial charge on any atom is 0.137 e. The van der Waals surface area contributed by atoms with Crippen molar-refractivity contribution in [3.8, 4) is 0 Å².